The minimum absolute atomic E-state index is 0.572. The molecule has 0 spiro atoms. The van der Waals surface area contributed by atoms with E-state index in [0.717, 1.165) is 47.8 Å². The van der Waals surface area contributed by atoms with Crippen molar-refractivity contribution in [2.45, 2.75) is 25.7 Å². The van der Waals surface area contributed by atoms with Gasteiger partial charge in [0.1, 0.15) is 5.78 Å². The van der Waals surface area contributed by atoms with Crippen LogP contribution in [0.4, 0.5) is 0 Å². The summed E-state index contributed by atoms with van der Waals surface area (Å²) in [7, 11) is 0. The second-order valence-electron chi connectivity index (χ2n) is 6.41. The molecule has 0 radical (unpaired) electrons. The molecule has 14 heavy (non-hydrogen) atoms. The second-order valence-corrected chi connectivity index (χ2v) is 6.41. The first kappa shape index (κ1) is 7.03. The highest BCUT2D eigenvalue weighted by molar-refractivity contribution is 5.85. The fourth-order valence-electron chi connectivity index (χ4n) is 6.11. The minimum atomic E-state index is 0.572. The third kappa shape index (κ3) is 0.461. The van der Waals surface area contributed by atoms with Crippen molar-refractivity contribution in [2.24, 2.45) is 47.3 Å². The number of Topliss-reactive ketones (excluding diaryl/α,β-unsaturated/α-hetero) is 1. The van der Waals surface area contributed by atoms with Crippen LogP contribution in [0.5, 0.6) is 0 Å². The van der Waals surface area contributed by atoms with Gasteiger partial charge in [0.05, 0.1) is 0 Å². The predicted molar refractivity (Wildman–Crippen MR) is 51.4 cm³/mol. The molecule has 0 bridgehead atoms. The Kier molecular flexibility index (Phi) is 0.921. The highest BCUT2D eigenvalue weighted by Crippen LogP contribution is 2.81. The van der Waals surface area contributed by atoms with Gasteiger partial charge in [-0.25, -0.2) is 0 Å². The SMILES string of the molecule is O=C1CC[C@@H]2[C@H]1[C@@H]1[C@H]2[C@H]2[C@@H]3CC[C@@H]3[C@H]21. The number of rotatable bonds is 0. The Morgan fingerprint density at radius 2 is 1.43 bits per heavy atom. The van der Waals surface area contributed by atoms with Crippen LogP contribution >= 0.6 is 0 Å². The van der Waals surface area contributed by atoms with Gasteiger partial charge in [-0.2, -0.15) is 0 Å². The monoisotopic (exact) mass is 188 g/mol. The molecule has 0 amide bonds. The van der Waals surface area contributed by atoms with E-state index >= 15 is 0 Å². The molecule has 0 unspecified atom stereocenters. The average Bonchev–Trinajstić information content (AvgIpc) is 2.40. The molecule has 0 aromatic heterocycles. The Bertz CT molecular complexity index is 347. The van der Waals surface area contributed by atoms with Gasteiger partial charge in [-0.15, -0.1) is 0 Å². The second kappa shape index (κ2) is 1.83. The van der Waals surface area contributed by atoms with E-state index in [2.05, 4.69) is 0 Å². The molecule has 5 saturated carbocycles. The van der Waals surface area contributed by atoms with Crippen molar-refractivity contribution in [2.75, 3.05) is 0 Å². The molecule has 8 atom stereocenters. The quantitative estimate of drug-likeness (QED) is 0.532. The predicted octanol–water partition coefficient (Wildman–Crippen LogP) is 2.11. The zero-order valence-electron chi connectivity index (χ0n) is 8.36. The Labute approximate surface area is 84.3 Å². The van der Waals surface area contributed by atoms with Gasteiger partial charge < -0.3 is 0 Å². The molecule has 5 fully saturated rings. The van der Waals surface area contributed by atoms with Crippen LogP contribution in [0.2, 0.25) is 0 Å². The van der Waals surface area contributed by atoms with Crippen LogP contribution in [-0.4, -0.2) is 5.78 Å². The van der Waals surface area contributed by atoms with Gasteiger partial charge in [0.25, 0.3) is 0 Å². The summed E-state index contributed by atoms with van der Waals surface area (Å²) < 4.78 is 0. The molecule has 0 aromatic rings. The van der Waals surface area contributed by atoms with E-state index in [1.54, 1.807) is 0 Å². The van der Waals surface area contributed by atoms with Crippen LogP contribution in [0.15, 0.2) is 0 Å². The summed E-state index contributed by atoms with van der Waals surface area (Å²) in [5.41, 5.74) is 0. The van der Waals surface area contributed by atoms with Gasteiger partial charge in [0, 0.05) is 12.3 Å². The molecule has 74 valence electrons. The topological polar surface area (TPSA) is 17.1 Å². The van der Waals surface area contributed by atoms with Crippen molar-refractivity contribution in [3.8, 4) is 0 Å². The molecule has 5 aliphatic carbocycles. The van der Waals surface area contributed by atoms with Gasteiger partial charge in [0.15, 0.2) is 0 Å². The Hall–Kier alpha value is -0.330. The Balaban J connectivity index is 1.52. The number of fused-ring (bicyclic) bond motifs is 10. The normalized spacial score (nSPS) is 71.3. The largest absolute Gasteiger partial charge is 0.299 e. The van der Waals surface area contributed by atoms with Crippen molar-refractivity contribution in [3.63, 3.8) is 0 Å². The summed E-state index contributed by atoms with van der Waals surface area (Å²) in [5.74, 6) is 8.41. The number of ketones is 1. The molecule has 0 aromatic carbocycles. The van der Waals surface area contributed by atoms with Crippen molar-refractivity contribution in [3.05, 3.63) is 0 Å². The zero-order chi connectivity index (χ0) is 9.02. The molecular formula is C13H16O. The molecule has 0 saturated heterocycles. The van der Waals surface area contributed by atoms with Crippen molar-refractivity contribution < 1.29 is 4.79 Å². The summed E-state index contributed by atoms with van der Waals surface area (Å²) >= 11 is 0. The lowest BCUT2D eigenvalue weighted by molar-refractivity contribution is -0.325. The van der Waals surface area contributed by atoms with Gasteiger partial charge in [-0.05, 0) is 60.7 Å². The lowest BCUT2D eigenvalue weighted by Crippen LogP contribution is -2.76. The fourth-order valence-corrected chi connectivity index (χ4v) is 6.11. The zero-order valence-corrected chi connectivity index (χ0v) is 8.36. The molecule has 0 aliphatic heterocycles. The van der Waals surface area contributed by atoms with Gasteiger partial charge >= 0.3 is 0 Å². The maximum absolute atomic E-state index is 11.7. The number of hydrogen-bond donors (Lipinski definition) is 0. The molecule has 1 nitrogen and oxygen atoms in total. The molecule has 1 heteroatoms. The molecule has 0 N–H and O–H groups in total. The van der Waals surface area contributed by atoms with E-state index in [1.807, 2.05) is 0 Å². The molecule has 5 rings (SSSR count). The molecular weight excluding hydrogens is 172 g/mol. The van der Waals surface area contributed by atoms with Gasteiger partial charge in [-0.1, -0.05) is 0 Å². The number of carbonyl (C=O) groups is 1. The summed E-state index contributed by atoms with van der Waals surface area (Å²) in [6.07, 6.45) is 5.21. The highest BCUT2D eigenvalue weighted by atomic mass is 16.1. The summed E-state index contributed by atoms with van der Waals surface area (Å²) in [5, 5.41) is 0. The Morgan fingerprint density at radius 1 is 0.786 bits per heavy atom. The maximum Gasteiger partial charge on any atom is 0.136 e. The van der Waals surface area contributed by atoms with Crippen LogP contribution in [0, 0.1) is 47.3 Å². The van der Waals surface area contributed by atoms with Crippen molar-refractivity contribution in [1.29, 1.82) is 0 Å². The highest BCUT2D eigenvalue weighted by Gasteiger charge is 2.78. The minimum Gasteiger partial charge on any atom is -0.299 e. The first-order valence-electron chi connectivity index (χ1n) is 6.40. The molecule has 0 heterocycles. The smallest absolute Gasteiger partial charge is 0.136 e. The summed E-state index contributed by atoms with van der Waals surface area (Å²) in [4.78, 5) is 11.7. The third-order valence-electron chi connectivity index (χ3n) is 6.62. The molecule has 5 aliphatic rings. The summed E-state index contributed by atoms with van der Waals surface area (Å²) in [6.45, 7) is 0. The van der Waals surface area contributed by atoms with Crippen molar-refractivity contribution in [1.82, 2.24) is 0 Å². The first-order chi connectivity index (χ1) is 6.88. The van der Waals surface area contributed by atoms with Gasteiger partial charge in [0.2, 0.25) is 0 Å². The lowest BCUT2D eigenvalue weighted by Gasteiger charge is -2.80. The van der Waals surface area contributed by atoms with Gasteiger partial charge in [-0.3, -0.25) is 4.79 Å². The number of carbonyl (C=O) groups excluding carboxylic acids is 1. The van der Waals surface area contributed by atoms with Crippen LogP contribution in [-0.2, 0) is 4.79 Å². The standard InChI is InChI=1S/C13H16O/c14-8-4-3-7-9(8)13-11-6-2-1-5(6)10(11)12(7)13/h5-7,9-13H,1-4H2/t5-,6+,7-,9-,10+,11-,12-,13+/m1/s1. The van der Waals surface area contributed by atoms with Crippen LogP contribution < -0.4 is 0 Å². The van der Waals surface area contributed by atoms with Crippen LogP contribution in [0.3, 0.4) is 0 Å². The fraction of sp³-hybridized carbons (Fsp3) is 0.923. The van der Waals surface area contributed by atoms with E-state index in [1.165, 1.54) is 19.3 Å². The average molecular weight is 188 g/mol. The first-order valence-corrected chi connectivity index (χ1v) is 6.40. The third-order valence-corrected chi connectivity index (χ3v) is 6.62. The van der Waals surface area contributed by atoms with E-state index < -0.39 is 0 Å². The van der Waals surface area contributed by atoms with E-state index in [9.17, 15) is 4.79 Å². The van der Waals surface area contributed by atoms with E-state index in [0.29, 0.717) is 11.7 Å². The van der Waals surface area contributed by atoms with Crippen LogP contribution in [0.1, 0.15) is 25.7 Å². The van der Waals surface area contributed by atoms with E-state index in [4.69, 9.17) is 0 Å². The Morgan fingerprint density at radius 3 is 2.14 bits per heavy atom. The lowest BCUT2D eigenvalue weighted by atomic mass is 9.24. The summed E-state index contributed by atoms with van der Waals surface area (Å²) in [6, 6.07) is 0. The maximum atomic E-state index is 11.7. The number of hydrogen-bond acceptors (Lipinski definition) is 1. The van der Waals surface area contributed by atoms with Crippen molar-refractivity contribution >= 4 is 5.78 Å². The van der Waals surface area contributed by atoms with E-state index in [-0.39, 0.29) is 0 Å². The van der Waals surface area contributed by atoms with Crippen LogP contribution in [0.25, 0.3) is 0 Å².